The van der Waals surface area contributed by atoms with Gasteiger partial charge in [0.1, 0.15) is 11.1 Å². The molecular formula is C17H16ClN2O3S-. The molecule has 1 aromatic rings. The third kappa shape index (κ3) is 3.19. The molecule has 5 nitrogen and oxygen atoms in total. The maximum Gasteiger partial charge on any atom is 0.229 e. The van der Waals surface area contributed by atoms with E-state index >= 15 is 0 Å². The number of nitrogens with zero attached hydrogens (tertiary/aromatic N) is 1. The standard InChI is InChI=1S/C17H17ClN2O3S/c18-9-5-6-11(17(22)23)12(7-9)15(21)20-16-13(8-19)10-3-1-2-4-14(10)24-16/h5,11-12H,1-4,6-7H2,(H,20,21)(H,22,23)/p-1/t11-,12+/m0/s1. The summed E-state index contributed by atoms with van der Waals surface area (Å²) in [5.41, 5.74) is 1.55. The van der Waals surface area contributed by atoms with E-state index in [2.05, 4.69) is 11.4 Å². The number of aliphatic carboxylic acids is 1. The molecule has 7 heteroatoms. The van der Waals surface area contributed by atoms with Gasteiger partial charge in [-0.05, 0) is 44.1 Å². The number of anilines is 1. The van der Waals surface area contributed by atoms with Crippen LogP contribution in [0.4, 0.5) is 5.00 Å². The third-order valence-electron chi connectivity index (χ3n) is 4.65. The van der Waals surface area contributed by atoms with Crippen LogP contribution in [0, 0.1) is 23.2 Å². The van der Waals surface area contributed by atoms with Crippen LogP contribution in [0.5, 0.6) is 0 Å². The van der Waals surface area contributed by atoms with Crippen molar-refractivity contribution in [2.24, 2.45) is 11.8 Å². The molecule has 0 fully saturated rings. The highest BCUT2D eigenvalue weighted by atomic mass is 35.5. The number of hydrogen-bond donors (Lipinski definition) is 1. The first-order valence-electron chi connectivity index (χ1n) is 7.92. The Morgan fingerprint density at radius 1 is 1.33 bits per heavy atom. The van der Waals surface area contributed by atoms with E-state index in [4.69, 9.17) is 11.6 Å². The molecule has 0 bridgehead atoms. The van der Waals surface area contributed by atoms with Crippen LogP contribution in [-0.4, -0.2) is 11.9 Å². The first-order chi connectivity index (χ1) is 11.5. The second kappa shape index (κ2) is 6.96. The summed E-state index contributed by atoms with van der Waals surface area (Å²) in [6.45, 7) is 0. The number of carbonyl (C=O) groups is 2. The molecule has 2 aliphatic rings. The topological polar surface area (TPSA) is 93.0 Å². The summed E-state index contributed by atoms with van der Waals surface area (Å²) in [7, 11) is 0. The first kappa shape index (κ1) is 17.0. The Bertz CT molecular complexity index is 763. The summed E-state index contributed by atoms with van der Waals surface area (Å²) in [6.07, 6.45) is 5.89. The van der Waals surface area contributed by atoms with Crippen molar-refractivity contribution in [3.63, 3.8) is 0 Å². The van der Waals surface area contributed by atoms with E-state index in [1.54, 1.807) is 6.08 Å². The van der Waals surface area contributed by atoms with Gasteiger partial charge in [-0.15, -0.1) is 11.3 Å². The van der Waals surface area contributed by atoms with Crippen molar-refractivity contribution in [2.45, 2.75) is 38.5 Å². The highest BCUT2D eigenvalue weighted by Crippen LogP contribution is 2.39. The zero-order valence-corrected chi connectivity index (χ0v) is 14.5. The minimum absolute atomic E-state index is 0.180. The lowest BCUT2D eigenvalue weighted by molar-refractivity contribution is -0.313. The van der Waals surface area contributed by atoms with Gasteiger partial charge in [-0.2, -0.15) is 5.26 Å². The van der Waals surface area contributed by atoms with Crippen LogP contribution in [0.15, 0.2) is 11.1 Å². The molecular weight excluding hydrogens is 348 g/mol. The number of allylic oxidation sites excluding steroid dienone is 2. The van der Waals surface area contributed by atoms with E-state index in [0.29, 0.717) is 15.6 Å². The molecule has 0 radical (unpaired) electrons. The van der Waals surface area contributed by atoms with Crippen molar-refractivity contribution in [3.05, 3.63) is 27.1 Å². The van der Waals surface area contributed by atoms with Gasteiger partial charge in [-0.25, -0.2) is 0 Å². The number of rotatable bonds is 3. The maximum absolute atomic E-state index is 12.6. The summed E-state index contributed by atoms with van der Waals surface area (Å²) in [5, 5.41) is 24.5. The van der Waals surface area contributed by atoms with Crippen LogP contribution in [0.3, 0.4) is 0 Å². The largest absolute Gasteiger partial charge is 0.550 e. The van der Waals surface area contributed by atoms with Crippen molar-refractivity contribution in [2.75, 3.05) is 5.32 Å². The molecule has 0 unspecified atom stereocenters. The smallest absolute Gasteiger partial charge is 0.229 e. The predicted molar refractivity (Wildman–Crippen MR) is 89.5 cm³/mol. The fourth-order valence-corrected chi connectivity index (χ4v) is 4.87. The van der Waals surface area contributed by atoms with E-state index in [-0.39, 0.29) is 12.8 Å². The fraction of sp³-hybridized carbons (Fsp3) is 0.471. The minimum atomic E-state index is -1.25. The SMILES string of the molecule is N#Cc1c(NC(=O)[C@@H]2CC(Cl)=CC[C@@H]2C(=O)[O-])sc2c1CCCC2. The zero-order chi connectivity index (χ0) is 17.3. The maximum atomic E-state index is 12.6. The van der Waals surface area contributed by atoms with Gasteiger partial charge < -0.3 is 15.2 Å². The van der Waals surface area contributed by atoms with Gasteiger partial charge in [0.25, 0.3) is 0 Å². The van der Waals surface area contributed by atoms with Gasteiger partial charge in [0.05, 0.1) is 11.5 Å². The van der Waals surface area contributed by atoms with Crippen LogP contribution < -0.4 is 10.4 Å². The van der Waals surface area contributed by atoms with E-state index in [0.717, 1.165) is 36.1 Å². The molecule has 2 atom stereocenters. The van der Waals surface area contributed by atoms with Gasteiger partial charge in [0.15, 0.2) is 0 Å². The number of amides is 1. The lowest BCUT2D eigenvalue weighted by Crippen LogP contribution is -2.42. The molecule has 0 saturated carbocycles. The van der Waals surface area contributed by atoms with Crippen molar-refractivity contribution in [3.8, 4) is 6.07 Å². The summed E-state index contributed by atoms with van der Waals surface area (Å²) in [5.74, 6) is -3.34. The molecule has 1 amide bonds. The van der Waals surface area contributed by atoms with Crippen molar-refractivity contribution in [1.29, 1.82) is 5.26 Å². The van der Waals surface area contributed by atoms with Crippen LogP contribution in [0.25, 0.3) is 0 Å². The lowest BCUT2D eigenvalue weighted by Gasteiger charge is -2.29. The number of nitriles is 1. The Kier molecular flexibility index (Phi) is 4.93. The molecule has 126 valence electrons. The number of nitrogens with one attached hydrogen (secondary N) is 1. The Morgan fingerprint density at radius 3 is 2.79 bits per heavy atom. The highest BCUT2D eigenvalue weighted by molar-refractivity contribution is 7.16. The number of carboxylic acids is 1. The number of thiophene rings is 1. The summed E-state index contributed by atoms with van der Waals surface area (Å²) in [4.78, 5) is 25.1. The van der Waals surface area contributed by atoms with Gasteiger partial charge in [0, 0.05) is 21.8 Å². The van der Waals surface area contributed by atoms with Gasteiger partial charge >= 0.3 is 0 Å². The molecule has 1 aromatic heterocycles. The Balaban J connectivity index is 1.84. The molecule has 0 spiro atoms. The number of fused-ring (bicyclic) bond motifs is 1. The predicted octanol–water partition coefficient (Wildman–Crippen LogP) is 2.34. The van der Waals surface area contributed by atoms with E-state index in [1.807, 2.05) is 0 Å². The first-order valence-corrected chi connectivity index (χ1v) is 9.11. The van der Waals surface area contributed by atoms with Crippen molar-refractivity contribution in [1.82, 2.24) is 0 Å². The average molecular weight is 364 g/mol. The van der Waals surface area contributed by atoms with Gasteiger partial charge in [-0.1, -0.05) is 17.7 Å². The molecule has 2 aliphatic carbocycles. The molecule has 3 rings (SSSR count). The van der Waals surface area contributed by atoms with Gasteiger partial charge in [-0.3, -0.25) is 4.79 Å². The Morgan fingerprint density at radius 2 is 2.08 bits per heavy atom. The minimum Gasteiger partial charge on any atom is -0.550 e. The summed E-state index contributed by atoms with van der Waals surface area (Å²) < 4.78 is 0. The zero-order valence-electron chi connectivity index (χ0n) is 12.9. The molecule has 0 aromatic carbocycles. The summed E-state index contributed by atoms with van der Waals surface area (Å²) in [6, 6.07) is 2.18. The molecule has 24 heavy (non-hydrogen) atoms. The monoisotopic (exact) mass is 363 g/mol. The van der Waals surface area contributed by atoms with Crippen molar-refractivity contribution >= 4 is 39.8 Å². The average Bonchev–Trinajstić information content (AvgIpc) is 2.91. The molecule has 1 heterocycles. The second-order valence-corrected chi connectivity index (χ2v) is 7.73. The number of carboxylic acid groups (broad SMARTS) is 1. The molecule has 0 saturated heterocycles. The van der Waals surface area contributed by atoms with Crippen LogP contribution >= 0.6 is 22.9 Å². The Labute approximate surface area is 148 Å². The van der Waals surface area contributed by atoms with Crippen LogP contribution in [0.1, 0.15) is 41.7 Å². The van der Waals surface area contributed by atoms with Crippen LogP contribution in [0.2, 0.25) is 0 Å². The number of aryl methyl sites for hydroxylation is 1. The quantitative estimate of drug-likeness (QED) is 0.891. The summed E-state index contributed by atoms with van der Waals surface area (Å²) >= 11 is 7.41. The molecule has 1 N–H and O–H groups in total. The third-order valence-corrected chi connectivity index (χ3v) is 6.17. The van der Waals surface area contributed by atoms with Gasteiger partial charge in [0.2, 0.25) is 5.91 Å². The van der Waals surface area contributed by atoms with E-state index in [9.17, 15) is 20.0 Å². The molecule has 0 aliphatic heterocycles. The number of hydrogen-bond acceptors (Lipinski definition) is 5. The number of halogens is 1. The Hall–Kier alpha value is -1.84. The lowest BCUT2D eigenvalue weighted by atomic mass is 9.82. The van der Waals surface area contributed by atoms with Crippen LogP contribution in [-0.2, 0) is 22.4 Å². The second-order valence-electron chi connectivity index (χ2n) is 6.14. The van der Waals surface area contributed by atoms with E-state index < -0.39 is 23.7 Å². The fourth-order valence-electron chi connectivity index (χ4n) is 3.37. The van der Waals surface area contributed by atoms with E-state index in [1.165, 1.54) is 11.3 Å². The number of carbonyl (C=O) groups excluding carboxylic acids is 2. The normalized spacial score (nSPS) is 22.9. The highest BCUT2D eigenvalue weighted by Gasteiger charge is 2.33. The van der Waals surface area contributed by atoms with Crippen molar-refractivity contribution < 1.29 is 14.7 Å².